The molecule has 0 aliphatic rings. The molecular formula is C14H16F3N3O3S. The monoisotopic (exact) mass is 363 g/mol. The zero-order valence-electron chi connectivity index (χ0n) is 13.0. The van der Waals surface area contributed by atoms with E-state index in [0.29, 0.717) is 17.7 Å². The Hall–Kier alpha value is -1.94. The number of alkyl halides is 3. The van der Waals surface area contributed by atoms with Gasteiger partial charge in [0.05, 0.1) is 5.75 Å². The van der Waals surface area contributed by atoms with Gasteiger partial charge in [0.15, 0.2) is 0 Å². The van der Waals surface area contributed by atoms with Gasteiger partial charge in [-0.2, -0.15) is 22.5 Å². The van der Waals surface area contributed by atoms with Crippen LogP contribution in [0.2, 0.25) is 0 Å². The molecule has 0 unspecified atom stereocenters. The quantitative estimate of drug-likeness (QED) is 0.789. The molecule has 1 aromatic heterocycles. The van der Waals surface area contributed by atoms with Gasteiger partial charge in [-0.15, -0.1) is 0 Å². The van der Waals surface area contributed by atoms with Crippen LogP contribution in [-0.2, 0) is 22.7 Å². The summed E-state index contributed by atoms with van der Waals surface area (Å²) >= 11 is 0. The van der Waals surface area contributed by atoms with Crippen LogP contribution in [0.3, 0.4) is 0 Å². The molecule has 0 fully saturated rings. The zero-order valence-corrected chi connectivity index (χ0v) is 13.9. The standard InChI is InChI=1S/C14H16F3N3O3S/c1-3-20(24(21,22)4-2)9-10-5-7-11(8-6-10)12-18-13(23-19-12)14(15,16)17/h5-8H,3-4,9H2,1-2H3. The molecule has 0 spiro atoms. The maximum atomic E-state index is 12.5. The van der Waals surface area contributed by atoms with Gasteiger partial charge in [0.2, 0.25) is 15.8 Å². The van der Waals surface area contributed by atoms with Gasteiger partial charge < -0.3 is 4.52 Å². The fourth-order valence-electron chi connectivity index (χ4n) is 2.01. The van der Waals surface area contributed by atoms with E-state index in [1.807, 2.05) is 0 Å². The van der Waals surface area contributed by atoms with E-state index in [0.717, 1.165) is 0 Å². The summed E-state index contributed by atoms with van der Waals surface area (Å²) in [5.74, 6) is -1.59. The maximum Gasteiger partial charge on any atom is 0.471 e. The second-order valence-corrected chi connectivity index (χ2v) is 7.20. The van der Waals surface area contributed by atoms with Crippen molar-refractivity contribution in [3.05, 3.63) is 35.7 Å². The van der Waals surface area contributed by atoms with E-state index in [1.165, 1.54) is 16.4 Å². The van der Waals surface area contributed by atoms with Crippen LogP contribution in [0, 0.1) is 0 Å². The molecule has 0 bridgehead atoms. The van der Waals surface area contributed by atoms with E-state index < -0.39 is 22.1 Å². The molecule has 0 amide bonds. The number of aromatic nitrogens is 2. The first-order valence-electron chi connectivity index (χ1n) is 7.15. The van der Waals surface area contributed by atoms with Crippen molar-refractivity contribution >= 4 is 10.0 Å². The molecular weight excluding hydrogens is 347 g/mol. The number of hydrogen-bond donors (Lipinski definition) is 0. The van der Waals surface area contributed by atoms with Gasteiger partial charge in [0, 0.05) is 18.7 Å². The molecule has 1 aromatic carbocycles. The molecule has 24 heavy (non-hydrogen) atoms. The summed E-state index contributed by atoms with van der Waals surface area (Å²) in [7, 11) is -3.32. The van der Waals surface area contributed by atoms with Gasteiger partial charge in [0.1, 0.15) is 0 Å². The molecule has 0 radical (unpaired) electrons. The Kier molecular flexibility index (Phi) is 5.29. The molecule has 2 aromatic rings. The summed E-state index contributed by atoms with van der Waals surface area (Å²) in [6.45, 7) is 3.82. The molecule has 2 rings (SSSR count). The Morgan fingerprint density at radius 3 is 2.25 bits per heavy atom. The normalized spacial score (nSPS) is 12.8. The van der Waals surface area contributed by atoms with Crippen LogP contribution >= 0.6 is 0 Å². The van der Waals surface area contributed by atoms with Gasteiger partial charge in [0.25, 0.3) is 0 Å². The van der Waals surface area contributed by atoms with Gasteiger partial charge in [-0.25, -0.2) is 8.42 Å². The predicted molar refractivity (Wildman–Crippen MR) is 80.3 cm³/mol. The van der Waals surface area contributed by atoms with Crippen LogP contribution in [-0.4, -0.2) is 35.2 Å². The topological polar surface area (TPSA) is 76.3 Å². The van der Waals surface area contributed by atoms with Crippen LogP contribution in [0.15, 0.2) is 28.8 Å². The van der Waals surface area contributed by atoms with E-state index in [4.69, 9.17) is 0 Å². The van der Waals surface area contributed by atoms with E-state index in [2.05, 4.69) is 14.7 Å². The fraction of sp³-hybridized carbons (Fsp3) is 0.429. The predicted octanol–water partition coefficient (Wildman–Crippen LogP) is 2.93. The molecule has 6 nitrogen and oxygen atoms in total. The Morgan fingerprint density at radius 1 is 1.17 bits per heavy atom. The number of rotatable bonds is 6. The number of benzene rings is 1. The second-order valence-electron chi connectivity index (χ2n) is 4.94. The number of hydrogen-bond acceptors (Lipinski definition) is 5. The Bertz CT molecular complexity index is 786. The Balaban J connectivity index is 2.17. The van der Waals surface area contributed by atoms with Crippen LogP contribution in [0.1, 0.15) is 25.3 Å². The van der Waals surface area contributed by atoms with Crippen LogP contribution < -0.4 is 0 Å². The highest BCUT2D eigenvalue weighted by Gasteiger charge is 2.38. The van der Waals surface area contributed by atoms with Crippen LogP contribution in [0.5, 0.6) is 0 Å². The molecule has 0 saturated heterocycles. The van der Waals surface area contributed by atoms with Crippen molar-refractivity contribution in [1.82, 2.24) is 14.4 Å². The fourth-order valence-corrected chi connectivity index (χ4v) is 3.11. The SMILES string of the molecule is CCN(Cc1ccc(-c2noc(C(F)(F)F)n2)cc1)S(=O)(=O)CC. The molecule has 0 aliphatic heterocycles. The zero-order chi connectivity index (χ0) is 18.0. The number of sulfonamides is 1. The lowest BCUT2D eigenvalue weighted by Gasteiger charge is -2.19. The minimum atomic E-state index is -4.69. The smallest absolute Gasteiger partial charge is 0.329 e. The molecule has 10 heteroatoms. The summed E-state index contributed by atoms with van der Waals surface area (Å²) in [6.07, 6.45) is -4.69. The van der Waals surface area contributed by atoms with Crippen LogP contribution in [0.4, 0.5) is 13.2 Å². The number of nitrogens with zero attached hydrogens (tertiary/aromatic N) is 3. The lowest BCUT2D eigenvalue weighted by Crippen LogP contribution is -2.31. The minimum absolute atomic E-state index is 0.00199. The van der Waals surface area contributed by atoms with Crippen molar-refractivity contribution in [2.24, 2.45) is 0 Å². The average molecular weight is 363 g/mol. The Morgan fingerprint density at radius 2 is 1.79 bits per heavy atom. The van der Waals surface area contributed by atoms with E-state index in [1.54, 1.807) is 26.0 Å². The van der Waals surface area contributed by atoms with Crippen molar-refractivity contribution in [3.63, 3.8) is 0 Å². The maximum absolute atomic E-state index is 12.5. The second kappa shape index (κ2) is 6.89. The summed E-state index contributed by atoms with van der Waals surface area (Å²) in [5.41, 5.74) is 1.05. The van der Waals surface area contributed by atoms with Crippen molar-refractivity contribution in [3.8, 4) is 11.4 Å². The van der Waals surface area contributed by atoms with Gasteiger partial charge in [-0.1, -0.05) is 36.3 Å². The van der Waals surface area contributed by atoms with Gasteiger partial charge in [-0.05, 0) is 12.5 Å². The first-order chi connectivity index (χ1) is 11.2. The number of halogens is 3. The third-order valence-electron chi connectivity index (χ3n) is 3.35. The third-order valence-corrected chi connectivity index (χ3v) is 5.25. The summed E-state index contributed by atoms with van der Waals surface area (Å²) < 4.78 is 66.7. The highest BCUT2D eigenvalue weighted by molar-refractivity contribution is 7.89. The summed E-state index contributed by atoms with van der Waals surface area (Å²) in [5, 5.41) is 3.30. The average Bonchev–Trinajstić information content (AvgIpc) is 3.03. The molecule has 0 atom stereocenters. The van der Waals surface area contributed by atoms with Gasteiger partial charge >= 0.3 is 12.1 Å². The molecule has 0 aliphatic carbocycles. The first kappa shape index (κ1) is 18.4. The molecule has 0 saturated carbocycles. The van der Waals surface area contributed by atoms with E-state index >= 15 is 0 Å². The van der Waals surface area contributed by atoms with Crippen molar-refractivity contribution in [1.29, 1.82) is 0 Å². The van der Waals surface area contributed by atoms with Crippen molar-refractivity contribution < 1.29 is 26.1 Å². The van der Waals surface area contributed by atoms with Crippen molar-refractivity contribution in [2.75, 3.05) is 12.3 Å². The van der Waals surface area contributed by atoms with Gasteiger partial charge in [-0.3, -0.25) is 0 Å². The third kappa shape index (κ3) is 4.12. The first-order valence-corrected chi connectivity index (χ1v) is 8.76. The minimum Gasteiger partial charge on any atom is -0.329 e. The van der Waals surface area contributed by atoms with E-state index in [-0.39, 0.29) is 18.1 Å². The molecule has 0 N–H and O–H groups in total. The summed E-state index contributed by atoms with van der Waals surface area (Å²) in [4.78, 5) is 3.30. The molecule has 132 valence electrons. The Labute approximate surface area is 137 Å². The largest absolute Gasteiger partial charge is 0.471 e. The molecule has 1 heterocycles. The lowest BCUT2D eigenvalue weighted by molar-refractivity contribution is -0.159. The lowest BCUT2D eigenvalue weighted by atomic mass is 10.1. The highest BCUT2D eigenvalue weighted by atomic mass is 32.2. The van der Waals surface area contributed by atoms with Crippen molar-refractivity contribution in [2.45, 2.75) is 26.6 Å². The summed E-state index contributed by atoms with van der Waals surface area (Å²) in [6, 6.07) is 6.28. The highest BCUT2D eigenvalue weighted by Crippen LogP contribution is 2.29. The van der Waals surface area contributed by atoms with E-state index in [9.17, 15) is 21.6 Å². The van der Waals surface area contributed by atoms with Crippen LogP contribution in [0.25, 0.3) is 11.4 Å².